The first-order valence-corrected chi connectivity index (χ1v) is 18.5. The number of halogens is 2. The summed E-state index contributed by atoms with van der Waals surface area (Å²) in [5.41, 5.74) is 5.51. The Labute approximate surface area is 317 Å². The first-order valence-electron chi connectivity index (χ1n) is 17.7. The number of pyridine rings is 1. The van der Waals surface area contributed by atoms with Crippen molar-refractivity contribution < 1.29 is 24.2 Å². The van der Waals surface area contributed by atoms with Crippen LogP contribution in [0.2, 0.25) is 10.0 Å². The van der Waals surface area contributed by atoms with Crippen LogP contribution in [0.15, 0.2) is 48.7 Å². The molecule has 0 unspecified atom stereocenters. The number of aliphatic hydroxyl groups excluding tert-OH is 1. The van der Waals surface area contributed by atoms with E-state index in [4.69, 9.17) is 27.9 Å². The number of nitrogens with one attached hydrogen (secondary N) is 3. The maximum atomic E-state index is 13.6. The highest BCUT2D eigenvalue weighted by molar-refractivity contribution is 6.39. The molecule has 2 fully saturated rings. The number of β-amino-alcohol motifs (C(OH)–C–C–N with tert-alkyl or cyclic N) is 1. The van der Waals surface area contributed by atoms with Crippen LogP contribution in [-0.4, -0.2) is 99.1 Å². The number of imidazole rings is 1. The predicted octanol–water partition coefficient (Wildman–Crippen LogP) is 4.04. The molecule has 15 heteroatoms. The molecule has 0 bridgehead atoms. The molecule has 2 saturated heterocycles. The Bertz CT molecular complexity index is 2050. The van der Waals surface area contributed by atoms with Gasteiger partial charge in [0.25, 0.3) is 5.91 Å². The number of fused-ring (bicyclic) bond motifs is 1. The van der Waals surface area contributed by atoms with Crippen molar-refractivity contribution in [2.75, 3.05) is 45.2 Å². The monoisotopic (exact) mass is 760 g/mol. The third-order valence-electron chi connectivity index (χ3n) is 10.2. The van der Waals surface area contributed by atoms with E-state index < -0.39 is 5.91 Å². The highest BCUT2D eigenvalue weighted by Crippen LogP contribution is 2.41. The van der Waals surface area contributed by atoms with Crippen molar-refractivity contribution in [3.63, 3.8) is 0 Å². The van der Waals surface area contributed by atoms with Crippen molar-refractivity contribution >= 4 is 46.6 Å². The van der Waals surface area contributed by atoms with Gasteiger partial charge in [-0.1, -0.05) is 47.5 Å². The Morgan fingerprint density at radius 2 is 1.91 bits per heavy atom. The van der Waals surface area contributed by atoms with E-state index >= 15 is 0 Å². The zero-order valence-corrected chi connectivity index (χ0v) is 31.1. The minimum atomic E-state index is -0.430. The number of aromatic nitrogens is 3. The second-order valence-electron chi connectivity index (χ2n) is 13.7. The van der Waals surface area contributed by atoms with Crippen LogP contribution >= 0.6 is 23.2 Å². The van der Waals surface area contributed by atoms with Gasteiger partial charge >= 0.3 is 0 Å². The molecule has 5 heterocycles. The molecule has 4 aromatic rings. The van der Waals surface area contributed by atoms with E-state index in [9.17, 15) is 19.5 Å². The predicted molar refractivity (Wildman–Crippen MR) is 202 cm³/mol. The lowest BCUT2D eigenvalue weighted by Crippen LogP contribution is -2.42. The minimum Gasteiger partial charge on any atom is -0.496 e. The van der Waals surface area contributed by atoms with Gasteiger partial charge in [0.05, 0.1) is 53.4 Å². The fraction of sp³-hybridized carbons (Fsp3) is 0.395. The molecule has 3 aliphatic heterocycles. The number of likely N-dealkylation sites (tertiary alicyclic amines) is 1. The summed E-state index contributed by atoms with van der Waals surface area (Å²) < 4.78 is 7.49. The largest absolute Gasteiger partial charge is 0.496 e. The smallest absolute Gasteiger partial charge is 0.291 e. The van der Waals surface area contributed by atoms with Crippen LogP contribution in [0.1, 0.15) is 46.8 Å². The van der Waals surface area contributed by atoms with Gasteiger partial charge in [-0.15, -0.1) is 0 Å². The van der Waals surface area contributed by atoms with Crippen molar-refractivity contribution in [2.24, 2.45) is 7.05 Å². The molecule has 7 rings (SSSR count). The molecule has 278 valence electrons. The van der Waals surface area contributed by atoms with E-state index in [1.807, 2.05) is 29.2 Å². The van der Waals surface area contributed by atoms with Gasteiger partial charge in [-0.05, 0) is 31.0 Å². The fourth-order valence-corrected chi connectivity index (χ4v) is 7.91. The van der Waals surface area contributed by atoms with E-state index in [1.54, 1.807) is 48.0 Å². The van der Waals surface area contributed by atoms with E-state index in [2.05, 4.69) is 25.9 Å². The topological polar surface area (TPSA) is 154 Å². The second kappa shape index (κ2) is 15.8. The second-order valence-corrected chi connectivity index (χ2v) is 14.5. The number of hydrogen-bond acceptors (Lipinski definition) is 9. The average molecular weight is 762 g/mol. The number of amides is 3. The van der Waals surface area contributed by atoms with Gasteiger partial charge in [0.2, 0.25) is 11.8 Å². The number of ether oxygens (including phenoxy) is 1. The zero-order valence-electron chi connectivity index (χ0n) is 29.6. The number of methoxy groups -OCH3 is 1. The Balaban J connectivity index is 1.05. The van der Waals surface area contributed by atoms with Crippen LogP contribution in [-0.2, 0) is 36.1 Å². The molecule has 3 amide bonds. The maximum Gasteiger partial charge on any atom is 0.291 e. The van der Waals surface area contributed by atoms with Crippen LogP contribution in [0.25, 0.3) is 22.4 Å². The SMILES string of the molecule is COc1cc(-c2nccc(-c3cccc(NC(=O)c4nc5c(n4C)CCN(C(=O)CN4CC[C@@H](O)C4)C5)c3Cl)c2Cl)ccc1CNC[C@H]1CCC(=O)N1. The summed E-state index contributed by atoms with van der Waals surface area (Å²) >= 11 is 14.0. The molecule has 2 atom stereocenters. The quantitative estimate of drug-likeness (QED) is 0.178. The van der Waals surface area contributed by atoms with Gasteiger partial charge in [0, 0.05) is 92.8 Å². The summed E-state index contributed by atoms with van der Waals surface area (Å²) in [4.78, 5) is 51.1. The van der Waals surface area contributed by atoms with E-state index in [-0.39, 0.29) is 36.3 Å². The lowest BCUT2D eigenvalue weighted by molar-refractivity contribution is -0.133. The van der Waals surface area contributed by atoms with Crippen molar-refractivity contribution in [2.45, 2.75) is 50.9 Å². The van der Waals surface area contributed by atoms with Crippen LogP contribution in [0.4, 0.5) is 5.69 Å². The number of rotatable bonds is 11. The number of benzene rings is 2. The summed E-state index contributed by atoms with van der Waals surface area (Å²) in [6, 6.07) is 13.1. The fourth-order valence-electron chi connectivity index (χ4n) is 7.31. The average Bonchev–Trinajstić information content (AvgIpc) is 3.86. The summed E-state index contributed by atoms with van der Waals surface area (Å²) in [6.45, 7) is 3.54. The number of anilines is 1. The van der Waals surface area contributed by atoms with Gasteiger partial charge < -0.3 is 35.3 Å². The number of aliphatic hydroxyl groups is 1. The van der Waals surface area contributed by atoms with E-state index in [0.717, 1.165) is 23.2 Å². The Morgan fingerprint density at radius 3 is 2.66 bits per heavy atom. The minimum absolute atomic E-state index is 0.0143. The van der Waals surface area contributed by atoms with Crippen molar-refractivity contribution in [3.05, 3.63) is 81.5 Å². The summed E-state index contributed by atoms with van der Waals surface area (Å²) in [5, 5.41) is 19.8. The lowest BCUT2D eigenvalue weighted by Gasteiger charge is -2.28. The van der Waals surface area contributed by atoms with Gasteiger partial charge in [-0.25, -0.2) is 4.98 Å². The van der Waals surface area contributed by atoms with E-state index in [1.165, 1.54) is 0 Å². The standard InChI is InChI=1S/C38H42Cl2N8O5/c1-46-30-12-15-48(33(51)21-47-14-11-25(49)19-47)20-29(30)44-37(46)38(52)45-28-5-3-4-26(34(28)39)27-10-13-42-36(35(27)40)22-6-7-23(31(16-22)53-2)17-41-18-24-8-9-32(50)43-24/h3-7,10,13,16,24-25,41,49H,8-9,11-12,14-15,17-21H2,1-2H3,(H,43,50)(H,45,52)/t24-,25-/m1/s1. The van der Waals surface area contributed by atoms with E-state index in [0.29, 0.717) is 103 Å². The molecule has 0 saturated carbocycles. The molecule has 0 aliphatic carbocycles. The lowest BCUT2D eigenvalue weighted by atomic mass is 10.0. The number of carbonyl (C=O) groups excluding carboxylic acids is 3. The Morgan fingerprint density at radius 1 is 1.08 bits per heavy atom. The van der Waals surface area contributed by atoms with Gasteiger partial charge in [0.15, 0.2) is 5.82 Å². The number of nitrogens with zero attached hydrogens (tertiary/aromatic N) is 5. The molecule has 4 N–H and O–H groups in total. The molecule has 0 radical (unpaired) electrons. The highest BCUT2D eigenvalue weighted by atomic mass is 35.5. The van der Waals surface area contributed by atoms with Crippen LogP contribution in [0.5, 0.6) is 5.75 Å². The number of carbonyl (C=O) groups is 3. The molecular formula is C38H42Cl2N8O5. The van der Waals surface area contributed by atoms with Crippen molar-refractivity contribution in [1.82, 2.24) is 35.0 Å². The molecular weight excluding hydrogens is 719 g/mol. The molecule has 2 aromatic heterocycles. The molecule has 2 aromatic carbocycles. The molecule has 3 aliphatic rings. The Kier molecular flexibility index (Phi) is 11.0. The third kappa shape index (κ3) is 7.90. The van der Waals surface area contributed by atoms with Crippen molar-refractivity contribution in [1.29, 1.82) is 0 Å². The first kappa shape index (κ1) is 36.8. The summed E-state index contributed by atoms with van der Waals surface area (Å²) in [6.07, 6.45) is 3.91. The Hall–Kier alpha value is -4.53. The third-order valence-corrected chi connectivity index (χ3v) is 11.0. The zero-order chi connectivity index (χ0) is 37.2. The molecule has 53 heavy (non-hydrogen) atoms. The normalized spacial score (nSPS) is 18.6. The molecule has 0 spiro atoms. The van der Waals surface area contributed by atoms with Gasteiger partial charge in [-0.3, -0.25) is 24.3 Å². The summed E-state index contributed by atoms with van der Waals surface area (Å²) in [5.74, 6) is 0.538. The maximum absolute atomic E-state index is 13.6. The van der Waals surface area contributed by atoms with Crippen LogP contribution in [0, 0.1) is 0 Å². The first-order chi connectivity index (χ1) is 25.6. The van der Waals surface area contributed by atoms with Gasteiger partial charge in [0.1, 0.15) is 5.75 Å². The highest BCUT2D eigenvalue weighted by Gasteiger charge is 2.30. The summed E-state index contributed by atoms with van der Waals surface area (Å²) in [7, 11) is 3.42. The van der Waals surface area contributed by atoms with Crippen molar-refractivity contribution in [3.8, 4) is 28.1 Å². The molecule has 13 nitrogen and oxygen atoms in total. The number of hydrogen-bond donors (Lipinski definition) is 4. The van der Waals surface area contributed by atoms with Gasteiger partial charge in [-0.2, -0.15) is 0 Å². The van der Waals surface area contributed by atoms with Crippen LogP contribution in [0.3, 0.4) is 0 Å². The van der Waals surface area contributed by atoms with Crippen LogP contribution < -0.4 is 20.7 Å².